The van der Waals surface area contributed by atoms with Crippen LogP contribution in [0.3, 0.4) is 0 Å². The first-order chi connectivity index (χ1) is 11.7. The molecule has 0 aromatic heterocycles. The quantitative estimate of drug-likeness (QED) is 0.164. The average molecular weight is 343 g/mol. The molecular weight excluding hydrogens is 304 g/mol. The predicted octanol–water partition coefficient (Wildman–Crippen LogP) is 6.82. The van der Waals surface area contributed by atoms with E-state index in [1.165, 1.54) is 89.9 Å². The summed E-state index contributed by atoms with van der Waals surface area (Å²) in [6, 6.07) is 0.898. The Morgan fingerprint density at radius 2 is 0.792 bits per heavy atom. The molecule has 0 aromatic rings. The molecule has 0 unspecified atom stereocenters. The molecule has 0 bridgehead atoms. The standard InChI is InChI=1S/C23H38Si/c1-5-9-10-11-12-13-14-15-16-17-18-19-20-21-22-23-24(6-2,7-3)8-4/h2-4H,5,9-23H2,1H3. The van der Waals surface area contributed by atoms with Gasteiger partial charge in [-0.3, -0.25) is 0 Å². The van der Waals surface area contributed by atoms with Crippen molar-refractivity contribution in [2.24, 2.45) is 0 Å². The van der Waals surface area contributed by atoms with Gasteiger partial charge in [0, 0.05) is 0 Å². The van der Waals surface area contributed by atoms with Crippen LogP contribution < -0.4 is 0 Å². The Kier molecular flexibility index (Phi) is 16.0. The maximum Gasteiger partial charge on any atom is 0.289 e. The maximum atomic E-state index is 5.52. The summed E-state index contributed by atoms with van der Waals surface area (Å²) in [5.41, 5.74) is 8.19. The molecule has 134 valence electrons. The summed E-state index contributed by atoms with van der Waals surface area (Å²) in [5.74, 6) is 0. The van der Waals surface area contributed by atoms with Crippen LogP contribution in [0.2, 0.25) is 6.04 Å². The van der Waals surface area contributed by atoms with Crippen molar-refractivity contribution in [3.63, 3.8) is 0 Å². The van der Waals surface area contributed by atoms with E-state index in [4.69, 9.17) is 19.3 Å². The highest BCUT2D eigenvalue weighted by molar-refractivity contribution is 7.00. The third kappa shape index (κ3) is 12.3. The fourth-order valence-electron chi connectivity index (χ4n) is 3.10. The summed E-state index contributed by atoms with van der Waals surface area (Å²) in [7, 11) is -2.24. The van der Waals surface area contributed by atoms with E-state index in [0.717, 1.165) is 12.5 Å². The van der Waals surface area contributed by atoms with Crippen LogP contribution in [-0.4, -0.2) is 8.07 Å². The highest BCUT2D eigenvalue weighted by Crippen LogP contribution is 2.16. The van der Waals surface area contributed by atoms with Crippen molar-refractivity contribution in [3.8, 4) is 35.9 Å². The van der Waals surface area contributed by atoms with E-state index in [-0.39, 0.29) is 0 Å². The Balaban J connectivity index is 3.28. The van der Waals surface area contributed by atoms with Crippen molar-refractivity contribution >= 4 is 8.07 Å². The van der Waals surface area contributed by atoms with E-state index < -0.39 is 8.07 Å². The van der Waals surface area contributed by atoms with Crippen LogP contribution >= 0.6 is 0 Å². The Bertz CT molecular complexity index is 365. The van der Waals surface area contributed by atoms with Crippen LogP contribution in [0.4, 0.5) is 0 Å². The molecule has 0 aliphatic rings. The predicted molar refractivity (Wildman–Crippen MR) is 112 cm³/mol. The van der Waals surface area contributed by atoms with Crippen LogP contribution in [0.1, 0.15) is 103 Å². The summed E-state index contributed by atoms with van der Waals surface area (Å²) in [6.45, 7) is 2.28. The van der Waals surface area contributed by atoms with Gasteiger partial charge in [0.05, 0.1) is 0 Å². The monoisotopic (exact) mass is 342 g/mol. The number of hydrogen-bond donors (Lipinski definition) is 0. The van der Waals surface area contributed by atoms with Gasteiger partial charge in [0.25, 0.3) is 8.07 Å². The lowest BCUT2D eigenvalue weighted by Crippen LogP contribution is -2.29. The van der Waals surface area contributed by atoms with Crippen LogP contribution in [0.25, 0.3) is 0 Å². The molecule has 0 aliphatic heterocycles. The summed E-state index contributed by atoms with van der Waals surface area (Å²) in [6.07, 6.45) is 37.1. The van der Waals surface area contributed by atoms with Crippen LogP contribution in [0.15, 0.2) is 0 Å². The van der Waals surface area contributed by atoms with Crippen molar-refractivity contribution < 1.29 is 0 Å². The zero-order chi connectivity index (χ0) is 17.9. The number of unbranched alkanes of at least 4 members (excludes halogenated alkanes) is 14. The molecular formula is C23H38Si. The van der Waals surface area contributed by atoms with E-state index in [9.17, 15) is 0 Å². The second kappa shape index (κ2) is 16.7. The minimum Gasteiger partial charge on any atom is -0.125 e. The lowest BCUT2D eigenvalue weighted by atomic mass is 10.0. The minimum atomic E-state index is -2.24. The third-order valence-corrected chi connectivity index (χ3v) is 7.48. The molecule has 1 heteroatoms. The molecule has 0 fully saturated rings. The molecule has 0 N–H and O–H groups in total. The number of hydrogen-bond acceptors (Lipinski definition) is 0. The first-order valence-electron chi connectivity index (χ1n) is 10.2. The molecule has 0 aliphatic carbocycles. The molecule has 0 heterocycles. The van der Waals surface area contributed by atoms with Gasteiger partial charge in [-0.05, 0) is 6.04 Å². The van der Waals surface area contributed by atoms with E-state index in [1.54, 1.807) is 0 Å². The highest BCUT2D eigenvalue weighted by Gasteiger charge is 2.25. The lowest BCUT2D eigenvalue weighted by molar-refractivity contribution is 0.534. The van der Waals surface area contributed by atoms with Gasteiger partial charge in [0.1, 0.15) is 0 Å². The third-order valence-electron chi connectivity index (χ3n) is 4.89. The van der Waals surface area contributed by atoms with Gasteiger partial charge in [-0.15, -0.1) is 35.9 Å². The SMILES string of the molecule is C#C[Si](C#C)(C#C)CCCCCCCCCCCCCCCCC. The second-order valence-electron chi connectivity index (χ2n) is 7.04. The summed E-state index contributed by atoms with van der Waals surface area (Å²) < 4.78 is 0. The second-order valence-corrected chi connectivity index (χ2v) is 10.2. The van der Waals surface area contributed by atoms with Crippen molar-refractivity contribution in [1.82, 2.24) is 0 Å². The molecule has 0 aromatic carbocycles. The van der Waals surface area contributed by atoms with E-state index in [0.29, 0.717) is 0 Å². The first kappa shape index (κ1) is 22.9. The molecule has 24 heavy (non-hydrogen) atoms. The van der Waals surface area contributed by atoms with Gasteiger partial charge in [-0.1, -0.05) is 103 Å². The molecule has 0 amide bonds. The van der Waals surface area contributed by atoms with Crippen molar-refractivity contribution in [1.29, 1.82) is 0 Å². The van der Waals surface area contributed by atoms with E-state index in [2.05, 4.69) is 23.6 Å². The molecule has 0 radical (unpaired) electrons. The lowest BCUT2D eigenvalue weighted by Gasteiger charge is -2.11. The Labute approximate surface area is 153 Å². The van der Waals surface area contributed by atoms with Crippen LogP contribution in [0.5, 0.6) is 0 Å². The molecule has 0 saturated heterocycles. The normalized spacial score (nSPS) is 10.8. The van der Waals surface area contributed by atoms with Gasteiger partial charge in [0.2, 0.25) is 0 Å². The van der Waals surface area contributed by atoms with Crippen LogP contribution in [0, 0.1) is 35.9 Å². The first-order valence-corrected chi connectivity index (χ1v) is 12.4. The Hall–Kier alpha value is -1.10. The van der Waals surface area contributed by atoms with Gasteiger partial charge in [-0.2, -0.15) is 0 Å². The van der Waals surface area contributed by atoms with Crippen molar-refractivity contribution in [3.05, 3.63) is 0 Å². The van der Waals surface area contributed by atoms with E-state index >= 15 is 0 Å². The van der Waals surface area contributed by atoms with Gasteiger partial charge < -0.3 is 0 Å². The number of rotatable bonds is 16. The Morgan fingerprint density at radius 3 is 1.08 bits per heavy atom. The van der Waals surface area contributed by atoms with Gasteiger partial charge in [0.15, 0.2) is 0 Å². The summed E-state index contributed by atoms with van der Waals surface area (Å²) >= 11 is 0. The molecule has 0 nitrogen and oxygen atoms in total. The van der Waals surface area contributed by atoms with Gasteiger partial charge >= 0.3 is 0 Å². The zero-order valence-electron chi connectivity index (χ0n) is 16.0. The summed E-state index contributed by atoms with van der Waals surface area (Å²) in [4.78, 5) is 0. The summed E-state index contributed by atoms with van der Waals surface area (Å²) in [5, 5.41) is 0. The largest absolute Gasteiger partial charge is 0.289 e. The topological polar surface area (TPSA) is 0 Å². The maximum absolute atomic E-state index is 5.52. The van der Waals surface area contributed by atoms with Crippen molar-refractivity contribution in [2.75, 3.05) is 0 Å². The van der Waals surface area contributed by atoms with Crippen LogP contribution in [-0.2, 0) is 0 Å². The fourth-order valence-corrected chi connectivity index (χ4v) is 4.57. The Morgan fingerprint density at radius 1 is 0.500 bits per heavy atom. The minimum absolute atomic E-state index is 0.898. The number of terminal acetylenes is 3. The fraction of sp³-hybridized carbons (Fsp3) is 0.739. The van der Waals surface area contributed by atoms with E-state index in [1.807, 2.05) is 0 Å². The molecule has 0 rings (SSSR count). The van der Waals surface area contributed by atoms with Crippen molar-refractivity contribution in [2.45, 2.75) is 109 Å². The molecule has 0 atom stereocenters. The van der Waals surface area contributed by atoms with Gasteiger partial charge in [-0.25, -0.2) is 0 Å². The highest BCUT2D eigenvalue weighted by atomic mass is 28.3. The molecule has 0 saturated carbocycles. The average Bonchev–Trinajstić information content (AvgIpc) is 2.62. The zero-order valence-corrected chi connectivity index (χ0v) is 17.0. The smallest absolute Gasteiger partial charge is 0.125 e. The molecule has 0 spiro atoms.